The topological polar surface area (TPSA) is 213 Å². The second-order valence-corrected chi connectivity index (χ2v) is 7.87. The molecule has 0 aliphatic carbocycles. The van der Waals surface area contributed by atoms with Crippen molar-refractivity contribution in [3.05, 3.63) is 36.0 Å². The van der Waals surface area contributed by atoms with Crippen molar-refractivity contribution in [1.29, 1.82) is 0 Å². The third-order valence-corrected chi connectivity index (χ3v) is 5.28. The molecule has 0 saturated carbocycles. The van der Waals surface area contributed by atoms with E-state index in [0.29, 0.717) is 19.4 Å². The first-order valence-corrected chi connectivity index (χ1v) is 11.0. The maximum atomic E-state index is 12.8. The van der Waals surface area contributed by atoms with Crippen LogP contribution in [0.1, 0.15) is 24.8 Å². The Morgan fingerprint density at radius 2 is 1.76 bits per heavy atom. The van der Waals surface area contributed by atoms with Crippen LogP contribution in [-0.4, -0.2) is 76.7 Å². The fraction of sp³-hybridized carbons (Fsp3) is 0.455. The van der Waals surface area contributed by atoms with Gasteiger partial charge in [0, 0.05) is 23.5 Å². The number of amides is 3. The predicted molar refractivity (Wildman–Crippen MR) is 124 cm³/mol. The van der Waals surface area contributed by atoms with Crippen LogP contribution in [0, 0.1) is 0 Å². The first-order valence-electron chi connectivity index (χ1n) is 11.0. The van der Waals surface area contributed by atoms with Crippen LogP contribution >= 0.6 is 0 Å². The second-order valence-electron chi connectivity index (χ2n) is 7.87. The number of aliphatic carboxylic acids is 1. The lowest BCUT2D eigenvalue weighted by Crippen LogP contribution is -2.55. The summed E-state index contributed by atoms with van der Waals surface area (Å²) in [6.45, 7) is -0.730. The normalized spacial score (nSPS) is 13.6. The van der Waals surface area contributed by atoms with Gasteiger partial charge < -0.3 is 42.6 Å². The van der Waals surface area contributed by atoms with Crippen molar-refractivity contribution >= 4 is 34.6 Å². The van der Waals surface area contributed by atoms with E-state index in [4.69, 9.17) is 16.6 Å². The van der Waals surface area contributed by atoms with Crippen LogP contribution in [0.25, 0.3) is 10.9 Å². The van der Waals surface area contributed by atoms with Gasteiger partial charge in [-0.05, 0) is 31.0 Å². The van der Waals surface area contributed by atoms with Gasteiger partial charge in [-0.3, -0.25) is 14.4 Å². The number of fused-ring (bicyclic) bond motifs is 1. The fourth-order valence-corrected chi connectivity index (χ4v) is 3.37. The summed E-state index contributed by atoms with van der Waals surface area (Å²) in [5.41, 5.74) is 12.8. The summed E-state index contributed by atoms with van der Waals surface area (Å²) in [6, 6.07) is 3.90. The molecule has 0 aliphatic rings. The number of unbranched alkanes of at least 4 members (excludes halogenated alkanes) is 1. The van der Waals surface area contributed by atoms with Crippen molar-refractivity contribution in [2.45, 2.75) is 43.8 Å². The highest BCUT2D eigenvalue weighted by atomic mass is 16.4. The minimum Gasteiger partial charge on any atom is -0.480 e. The van der Waals surface area contributed by atoms with Crippen LogP contribution in [0.3, 0.4) is 0 Å². The van der Waals surface area contributed by atoms with Crippen LogP contribution in [0.4, 0.5) is 0 Å². The zero-order valence-corrected chi connectivity index (χ0v) is 18.8. The number of hydrogen-bond acceptors (Lipinski definition) is 7. The van der Waals surface area contributed by atoms with Gasteiger partial charge in [0.05, 0.1) is 19.2 Å². The molecule has 2 rings (SSSR count). The van der Waals surface area contributed by atoms with Gasteiger partial charge >= 0.3 is 5.97 Å². The average molecular weight is 477 g/mol. The lowest BCUT2D eigenvalue weighted by atomic mass is 10.0. The molecule has 0 saturated heterocycles. The summed E-state index contributed by atoms with van der Waals surface area (Å²) < 4.78 is 0. The largest absolute Gasteiger partial charge is 0.480 e. The van der Waals surface area contributed by atoms with Gasteiger partial charge in [0.25, 0.3) is 0 Å². The molecule has 1 aromatic heterocycles. The van der Waals surface area contributed by atoms with Crippen molar-refractivity contribution in [2.75, 3.05) is 19.7 Å². The molecule has 186 valence electrons. The number of carbonyl (C=O) groups excluding carboxylic acids is 3. The van der Waals surface area contributed by atoms with E-state index in [1.807, 2.05) is 24.3 Å². The van der Waals surface area contributed by atoms with Gasteiger partial charge in [0.2, 0.25) is 17.7 Å². The first kappa shape index (κ1) is 26.8. The van der Waals surface area contributed by atoms with Crippen LogP contribution < -0.4 is 27.4 Å². The van der Waals surface area contributed by atoms with Gasteiger partial charge in [0.15, 0.2) is 0 Å². The highest BCUT2D eigenvalue weighted by Crippen LogP contribution is 2.19. The molecule has 0 aliphatic heterocycles. The van der Waals surface area contributed by atoms with Crippen LogP contribution in [-0.2, 0) is 25.6 Å². The van der Waals surface area contributed by atoms with Crippen molar-refractivity contribution in [3.8, 4) is 0 Å². The minimum absolute atomic E-state index is 0.0475. The Hall–Kier alpha value is -3.48. The molecule has 2 aromatic rings. The average Bonchev–Trinajstić information content (AvgIpc) is 3.23. The van der Waals surface area contributed by atoms with E-state index in [2.05, 4.69) is 20.9 Å². The molecule has 34 heavy (non-hydrogen) atoms. The standard InChI is InChI=1S/C22H32N6O6/c23-8-4-3-6-15(24)20(31)26-11-19(30)27-17(21(32)28-18(12-29)22(33)34)9-13-10-25-16-7-2-1-5-14(13)16/h1-2,5,7,10,15,17-18,25,29H,3-4,6,8-9,11-12,23-24H2,(H,26,31)(H,27,30)(H,28,32)(H,33,34). The molecule has 1 aromatic carbocycles. The number of aromatic amines is 1. The SMILES string of the molecule is NCCCCC(N)C(=O)NCC(=O)NC(Cc1c[nH]c2ccccc12)C(=O)NC(CO)C(=O)O. The Balaban J connectivity index is 2.06. The number of H-pyrrole nitrogens is 1. The quantitative estimate of drug-likeness (QED) is 0.147. The molecule has 3 amide bonds. The van der Waals surface area contributed by atoms with E-state index in [0.717, 1.165) is 22.9 Å². The number of benzene rings is 1. The molecule has 1 heterocycles. The summed E-state index contributed by atoms with van der Waals surface area (Å²) in [5, 5.41) is 26.4. The van der Waals surface area contributed by atoms with Crippen molar-refractivity contribution in [2.24, 2.45) is 11.5 Å². The molecule has 3 unspecified atom stereocenters. The van der Waals surface area contributed by atoms with Crippen LogP contribution in [0.2, 0.25) is 0 Å². The summed E-state index contributed by atoms with van der Waals surface area (Å²) in [6.07, 6.45) is 3.58. The van der Waals surface area contributed by atoms with Gasteiger partial charge in [0.1, 0.15) is 12.1 Å². The molecule has 0 bridgehead atoms. The number of para-hydroxylation sites is 1. The smallest absolute Gasteiger partial charge is 0.328 e. The maximum absolute atomic E-state index is 12.8. The van der Waals surface area contributed by atoms with E-state index in [1.165, 1.54) is 0 Å². The third kappa shape index (κ3) is 7.83. The minimum atomic E-state index is -1.53. The highest BCUT2D eigenvalue weighted by Gasteiger charge is 2.27. The van der Waals surface area contributed by atoms with E-state index >= 15 is 0 Å². The Morgan fingerprint density at radius 3 is 2.44 bits per heavy atom. The van der Waals surface area contributed by atoms with Crippen molar-refractivity contribution < 1.29 is 29.4 Å². The lowest BCUT2D eigenvalue weighted by Gasteiger charge is -2.21. The van der Waals surface area contributed by atoms with Crippen LogP contribution in [0.5, 0.6) is 0 Å². The molecule has 12 heteroatoms. The molecule has 3 atom stereocenters. The Morgan fingerprint density at radius 1 is 1.03 bits per heavy atom. The molecule has 0 spiro atoms. The molecule has 0 fully saturated rings. The van der Waals surface area contributed by atoms with Crippen LogP contribution in [0.15, 0.2) is 30.5 Å². The van der Waals surface area contributed by atoms with E-state index < -0.39 is 55.0 Å². The molecular formula is C22H32N6O6. The zero-order valence-electron chi connectivity index (χ0n) is 18.8. The number of nitrogens with two attached hydrogens (primary N) is 2. The number of hydrogen-bond donors (Lipinski definition) is 8. The summed E-state index contributed by atoms with van der Waals surface area (Å²) in [7, 11) is 0. The van der Waals surface area contributed by atoms with E-state index in [1.54, 1.807) is 6.20 Å². The monoisotopic (exact) mass is 476 g/mol. The third-order valence-electron chi connectivity index (χ3n) is 5.28. The highest BCUT2D eigenvalue weighted by molar-refractivity contribution is 5.93. The molecule has 10 N–H and O–H groups in total. The summed E-state index contributed by atoms with van der Waals surface area (Å²) >= 11 is 0. The Bertz CT molecular complexity index is 993. The number of carboxylic acid groups (broad SMARTS) is 1. The summed E-state index contributed by atoms with van der Waals surface area (Å²) in [5.74, 6) is -3.36. The number of carboxylic acids is 1. The van der Waals surface area contributed by atoms with Gasteiger partial charge in [-0.25, -0.2) is 4.79 Å². The first-order chi connectivity index (χ1) is 16.3. The number of aromatic nitrogens is 1. The predicted octanol–water partition coefficient (Wildman–Crippen LogP) is -1.67. The van der Waals surface area contributed by atoms with Crippen molar-refractivity contribution in [1.82, 2.24) is 20.9 Å². The van der Waals surface area contributed by atoms with E-state index in [-0.39, 0.29) is 6.42 Å². The zero-order chi connectivity index (χ0) is 25.1. The van der Waals surface area contributed by atoms with Gasteiger partial charge in [-0.1, -0.05) is 24.6 Å². The number of aliphatic hydroxyl groups excluding tert-OH is 1. The number of carbonyl (C=O) groups is 4. The number of nitrogens with one attached hydrogen (secondary N) is 4. The number of aliphatic hydroxyl groups is 1. The fourth-order valence-electron chi connectivity index (χ4n) is 3.37. The number of rotatable bonds is 14. The van der Waals surface area contributed by atoms with Gasteiger partial charge in [-0.2, -0.15) is 0 Å². The molecule has 0 radical (unpaired) electrons. The molecular weight excluding hydrogens is 444 g/mol. The van der Waals surface area contributed by atoms with Gasteiger partial charge in [-0.15, -0.1) is 0 Å². The van der Waals surface area contributed by atoms with E-state index in [9.17, 15) is 24.3 Å². The molecule has 12 nitrogen and oxygen atoms in total. The Kier molecular flexibility index (Phi) is 10.5. The second kappa shape index (κ2) is 13.3. The van der Waals surface area contributed by atoms with Crippen molar-refractivity contribution in [3.63, 3.8) is 0 Å². The lowest BCUT2D eigenvalue weighted by molar-refractivity contribution is -0.143. The Labute approximate surface area is 196 Å². The maximum Gasteiger partial charge on any atom is 0.328 e. The summed E-state index contributed by atoms with van der Waals surface area (Å²) in [4.78, 5) is 51.6.